The number of phenolic OH excluding ortho intramolecular Hbond substituents is 2. The largest absolute Gasteiger partial charge is 0.508 e. The zero-order valence-electron chi connectivity index (χ0n) is 11.0. The van der Waals surface area contributed by atoms with E-state index in [1.807, 2.05) is 26.0 Å². The average Bonchev–Trinajstić information content (AvgIpc) is 2.36. The van der Waals surface area contributed by atoms with E-state index in [9.17, 15) is 10.2 Å². The molecular weight excluding hydrogens is 240 g/mol. The Hall–Kier alpha value is -2.36. The Morgan fingerprint density at radius 2 is 1.42 bits per heavy atom. The number of rotatable bonds is 2. The standard InChI is InChI=1S/C15H18N2O2/c1-15(2,9-3-5-10(18)6-4-9)11-7-8-12(19)14(17)13(11)16/h3-8,18-19H,16-17H2,1-2H3. The fourth-order valence-corrected chi connectivity index (χ4v) is 2.20. The van der Waals surface area contributed by atoms with Crippen LogP contribution in [-0.2, 0) is 5.41 Å². The van der Waals surface area contributed by atoms with E-state index in [-0.39, 0.29) is 22.6 Å². The van der Waals surface area contributed by atoms with Crippen molar-refractivity contribution in [3.8, 4) is 11.5 Å². The molecule has 0 bridgehead atoms. The van der Waals surface area contributed by atoms with E-state index < -0.39 is 0 Å². The second kappa shape index (κ2) is 4.39. The molecule has 4 heteroatoms. The molecule has 0 amide bonds. The minimum atomic E-state index is -0.375. The lowest BCUT2D eigenvalue weighted by Gasteiger charge is -2.28. The summed E-state index contributed by atoms with van der Waals surface area (Å²) in [5.41, 5.74) is 13.8. The van der Waals surface area contributed by atoms with Gasteiger partial charge in [-0.25, -0.2) is 0 Å². The molecule has 0 radical (unpaired) electrons. The van der Waals surface area contributed by atoms with E-state index in [0.29, 0.717) is 5.69 Å². The van der Waals surface area contributed by atoms with Crippen LogP contribution < -0.4 is 11.5 Å². The number of phenols is 2. The third-order valence-electron chi connectivity index (χ3n) is 3.53. The van der Waals surface area contributed by atoms with Crippen LogP contribution >= 0.6 is 0 Å². The Kier molecular flexibility index (Phi) is 3.02. The predicted octanol–water partition coefficient (Wildman–Crippen LogP) is 2.59. The Balaban J connectivity index is 2.56. The quantitative estimate of drug-likeness (QED) is 0.492. The maximum atomic E-state index is 9.56. The molecule has 0 unspecified atom stereocenters. The predicted molar refractivity (Wildman–Crippen MR) is 77.2 cm³/mol. The molecule has 0 aliphatic carbocycles. The zero-order valence-corrected chi connectivity index (χ0v) is 11.0. The molecule has 0 spiro atoms. The highest BCUT2D eigenvalue weighted by atomic mass is 16.3. The highest BCUT2D eigenvalue weighted by molar-refractivity contribution is 5.75. The van der Waals surface area contributed by atoms with Gasteiger partial charge in [-0.05, 0) is 29.3 Å². The van der Waals surface area contributed by atoms with Crippen molar-refractivity contribution in [2.75, 3.05) is 11.5 Å². The number of anilines is 2. The van der Waals surface area contributed by atoms with E-state index in [4.69, 9.17) is 11.5 Å². The first kappa shape index (κ1) is 13.1. The van der Waals surface area contributed by atoms with E-state index in [0.717, 1.165) is 11.1 Å². The van der Waals surface area contributed by atoms with Gasteiger partial charge in [-0.3, -0.25) is 0 Å². The van der Waals surface area contributed by atoms with Crippen molar-refractivity contribution in [2.45, 2.75) is 19.3 Å². The average molecular weight is 258 g/mol. The first-order valence-corrected chi connectivity index (χ1v) is 6.01. The summed E-state index contributed by atoms with van der Waals surface area (Å²) in [4.78, 5) is 0. The summed E-state index contributed by atoms with van der Waals surface area (Å²) < 4.78 is 0. The van der Waals surface area contributed by atoms with Crippen LogP contribution in [0.5, 0.6) is 11.5 Å². The van der Waals surface area contributed by atoms with Crippen LogP contribution in [0.15, 0.2) is 36.4 Å². The van der Waals surface area contributed by atoms with Crippen LogP contribution in [0.25, 0.3) is 0 Å². The van der Waals surface area contributed by atoms with Crippen molar-refractivity contribution in [1.29, 1.82) is 0 Å². The summed E-state index contributed by atoms with van der Waals surface area (Å²) in [6, 6.07) is 10.3. The number of hydrogen-bond donors (Lipinski definition) is 4. The van der Waals surface area contributed by atoms with Crippen LogP contribution in [-0.4, -0.2) is 10.2 Å². The lowest BCUT2D eigenvalue weighted by atomic mass is 9.77. The van der Waals surface area contributed by atoms with Gasteiger partial charge in [-0.2, -0.15) is 0 Å². The van der Waals surface area contributed by atoms with Crippen LogP contribution in [0.4, 0.5) is 11.4 Å². The van der Waals surface area contributed by atoms with Crippen molar-refractivity contribution in [3.05, 3.63) is 47.5 Å². The first-order valence-electron chi connectivity index (χ1n) is 6.01. The molecule has 0 heterocycles. The summed E-state index contributed by atoms with van der Waals surface area (Å²) in [5.74, 6) is 0.209. The summed E-state index contributed by atoms with van der Waals surface area (Å²) in [7, 11) is 0. The zero-order chi connectivity index (χ0) is 14.2. The van der Waals surface area contributed by atoms with Crippen molar-refractivity contribution < 1.29 is 10.2 Å². The molecular formula is C15H18N2O2. The maximum absolute atomic E-state index is 9.56. The summed E-state index contributed by atoms with van der Waals surface area (Å²) in [5, 5.41) is 18.9. The number of nitrogens with two attached hydrogens (primary N) is 2. The lowest BCUT2D eigenvalue weighted by Crippen LogP contribution is -2.21. The highest BCUT2D eigenvalue weighted by Crippen LogP contribution is 2.40. The van der Waals surface area contributed by atoms with Gasteiger partial charge >= 0.3 is 0 Å². The fourth-order valence-electron chi connectivity index (χ4n) is 2.20. The number of nitrogen functional groups attached to an aromatic ring is 2. The summed E-state index contributed by atoms with van der Waals surface area (Å²) >= 11 is 0. The van der Waals surface area contributed by atoms with E-state index in [1.165, 1.54) is 0 Å². The molecule has 2 aromatic rings. The molecule has 0 saturated carbocycles. The SMILES string of the molecule is CC(C)(c1ccc(O)cc1)c1ccc(O)c(N)c1N. The van der Waals surface area contributed by atoms with Gasteiger partial charge in [0.05, 0.1) is 11.4 Å². The monoisotopic (exact) mass is 258 g/mol. The minimum Gasteiger partial charge on any atom is -0.508 e. The van der Waals surface area contributed by atoms with E-state index in [1.54, 1.807) is 24.3 Å². The maximum Gasteiger partial charge on any atom is 0.140 e. The second-order valence-corrected chi connectivity index (χ2v) is 5.13. The van der Waals surface area contributed by atoms with Crippen molar-refractivity contribution >= 4 is 11.4 Å². The molecule has 100 valence electrons. The van der Waals surface area contributed by atoms with Gasteiger partial charge < -0.3 is 21.7 Å². The van der Waals surface area contributed by atoms with Gasteiger partial charge in [0.1, 0.15) is 11.5 Å². The Labute approximate surface area is 112 Å². The Morgan fingerprint density at radius 3 is 2.00 bits per heavy atom. The van der Waals surface area contributed by atoms with Gasteiger partial charge in [0.15, 0.2) is 0 Å². The molecule has 2 aromatic carbocycles. The molecule has 0 aromatic heterocycles. The van der Waals surface area contributed by atoms with Crippen LogP contribution in [0, 0.1) is 0 Å². The third-order valence-corrected chi connectivity index (χ3v) is 3.53. The summed E-state index contributed by atoms with van der Waals surface area (Å²) in [6.07, 6.45) is 0. The van der Waals surface area contributed by atoms with E-state index in [2.05, 4.69) is 0 Å². The third kappa shape index (κ3) is 2.17. The number of hydrogen-bond acceptors (Lipinski definition) is 4. The first-order chi connectivity index (χ1) is 8.84. The Morgan fingerprint density at radius 1 is 0.842 bits per heavy atom. The molecule has 2 rings (SSSR count). The van der Waals surface area contributed by atoms with Crippen LogP contribution in [0.3, 0.4) is 0 Å². The molecule has 0 fully saturated rings. The summed E-state index contributed by atoms with van der Waals surface area (Å²) in [6.45, 7) is 4.03. The fraction of sp³-hybridized carbons (Fsp3) is 0.200. The van der Waals surface area contributed by atoms with Gasteiger partial charge in [-0.1, -0.05) is 32.0 Å². The molecule has 0 atom stereocenters. The van der Waals surface area contributed by atoms with Crippen LogP contribution in [0.2, 0.25) is 0 Å². The van der Waals surface area contributed by atoms with Crippen LogP contribution in [0.1, 0.15) is 25.0 Å². The van der Waals surface area contributed by atoms with Crippen molar-refractivity contribution in [3.63, 3.8) is 0 Å². The Bertz CT molecular complexity index is 604. The number of benzene rings is 2. The second-order valence-electron chi connectivity index (χ2n) is 5.13. The lowest BCUT2D eigenvalue weighted by molar-refractivity contribution is 0.474. The van der Waals surface area contributed by atoms with Crippen molar-refractivity contribution in [2.24, 2.45) is 0 Å². The topological polar surface area (TPSA) is 92.5 Å². The van der Waals surface area contributed by atoms with Gasteiger partial charge in [-0.15, -0.1) is 0 Å². The van der Waals surface area contributed by atoms with Gasteiger partial charge in [0, 0.05) is 5.41 Å². The van der Waals surface area contributed by atoms with Crippen molar-refractivity contribution in [1.82, 2.24) is 0 Å². The molecule has 0 aliphatic heterocycles. The molecule has 19 heavy (non-hydrogen) atoms. The minimum absolute atomic E-state index is 0.0113. The molecule has 6 N–H and O–H groups in total. The van der Waals surface area contributed by atoms with Gasteiger partial charge in [0.2, 0.25) is 0 Å². The highest BCUT2D eigenvalue weighted by Gasteiger charge is 2.26. The van der Waals surface area contributed by atoms with Gasteiger partial charge in [0.25, 0.3) is 0 Å². The smallest absolute Gasteiger partial charge is 0.140 e. The molecule has 0 aliphatic rings. The number of aromatic hydroxyl groups is 2. The molecule has 0 saturated heterocycles. The molecule has 4 nitrogen and oxygen atoms in total. The van der Waals surface area contributed by atoms with E-state index >= 15 is 0 Å². The normalized spacial score (nSPS) is 11.5.